The highest BCUT2D eigenvalue weighted by molar-refractivity contribution is 6.31. The van der Waals surface area contributed by atoms with Gasteiger partial charge in [-0.3, -0.25) is 0 Å². The van der Waals surface area contributed by atoms with Crippen molar-refractivity contribution in [1.29, 1.82) is 0 Å². The smallest absolute Gasteiger partial charge is 0.410 e. The molecule has 1 heterocycles. The first-order valence-electron chi connectivity index (χ1n) is 10.5. The monoisotopic (exact) mass is 475 g/mol. The number of ether oxygens (including phenoxy) is 3. The van der Waals surface area contributed by atoms with Crippen molar-refractivity contribution in [2.45, 2.75) is 77.9 Å². The SMILES string of the molecule is CC(C)(C)OC(=O)c1cc(Cl)c(COCC2(F)CCN(C(=O)OC(C)(C)C)CC2)cc1F. The van der Waals surface area contributed by atoms with Crippen molar-refractivity contribution < 1.29 is 32.6 Å². The minimum atomic E-state index is -1.61. The van der Waals surface area contributed by atoms with Crippen LogP contribution in [0.15, 0.2) is 12.1 Å². The summed E-state index contributed by atoms with van der Waals surface area (Å²) in [6.45, 7) is 10.4. The highest BCUT2D eigenvalue weighted by Gasteiger charge is 2.37. The second kappa shape index (κ2) is 9.91. The Balaban J connectivity index is 1.90. The Hall–Kier alpha value is -1.93. The molecule has 180 valence electrons. The van der Waals surface area contributed by atoms with Crippen LogP contribution in [0.2, 0.25) is 5.02 Å². The number of hydrogen-bond acceptors (Lipinski definition) is 5. The van der Waals surface area contributed by atoms with Gasteiger partial charge in [-0.15, -0.1) is 0 Å². The van der Waals surface area contributed by atoms with E-state index in [-0.39, 0.29) is 49.7 Å². The van der Waals surface area contributed by atoms with Crippen molar-refractivity contribution in [3.63, 3.8) is 0 Å². The number of halogens is 3. The van der Waals surface area contributed by atoms with Gasteiger partial charge in [0.25, 0.3) is 0 Å². The average molecular weight is 476 g/mol. The summed E-state index contributed by atoms with van der Waals surface area (Å²) in [7, 11) is 0. The number of nitrogens with zero attached hydrogens (tertiary/aromatic N) is 1. The van der Waals surface area contributed by atoms with E-state index in [1.54, 1.807) is 41.5 Å². The van der Waals surface area contributed by atoms with E-state index >= 15 is 4.39 Å². The van der Waals surface area contributed by atoms with Gasteiger partial charge in [0.15, 0.2) is 0 Å². The Kier molecular flexibility index (Phi) is 8.15. The number of hydrogen-bond donors (Lipinski definition) is 0. The fourth-order valence-electron chi connectivity index (χ4n) is 3.09. The zero-order chi connectivity index (χ0) is 24.3. The van der Waals surface area contributed by atoms with E-state index in [2.05, 4.69) is 0 Å². The number of piperidine rings is 1. The van der Waals surface area contributed by atoms with Crippen LogP contribution in [-0.2, 0) is 20.8 Å². The summed E-state index contributed by atoms with van der Waals surface area (Å²) >= 11 is 6.17. The summed E-state index contributed by atoms with van der Waals surface area (Å²) in [4.78, 5) is 25.7. The molecule has 0 saturated carbocycles. The van der Waals surface area contributed by atoms with Gasteiger partial charge in [-0.25, -0.2) is 18.4 Å². The van der Waals surface area contributed by atoms with Crippen molar-refractivity contribution in [3.05, 3.63) is 34.1 Å². The third-order valence-corrected chi connectivity index (χ3v) is 5.04. The number of benzene rings is 1. The van der Waals surface area contributed by atoms with Crippen LogP contribution in [0.5, 0.6) is 0 Å². The molecule has 1 aliphatic heterocycles. The molecule has 0 radical (unpaired) electrons. The fourth-order valence-corrected chi connectivity index (χ4v) is 3.31. The van der Waals surface area contributed by atoms with E-state index in [9.17, 15) is 14.0 Å². The molecule has 0 aromatic heterocycles. The van der Waals surface area contributed by atoms with Gasteiger partial charge in [0, 0.05) is 31.0 Å². The van der Waals surface area contributed by atoms with Crippen LogP contribution < -0.4 is 0 Å². The zero-order valence-corrected chi connectivity index (χ0v) is 20.3. The molecule has 0 spiro atoms. The van der Waals surface area contributed by atoms with E-state index in [4.69, 9.17) is 25.8 Å². The van der Waals surface area contributed by atoms with Gasteiger partial charge in [0.1, 0.15) is 22.7 Å². The van der Waals surface area contributed by atoms with Crippen LogP contribution in [0, 0.1) is 5.82 Å². The molecule has 2 rings (SSSR count). The average Bonchev–Trinajstić information content (AvgIpc) is 2.61. The summed E-state index contributed by atoms with van der Waals surface area (Å²) in [5.41, 5.74) is -2.97. The summed E-state index contributed by atoms with van der Waals surface area (Å²) < 4.78 is 45.5. The topological polar surface area (TPSA) is 65.1 Å². The Labute approximate surface area is 193 Å². The molecule has 1 saturated heterocycles. The lowest BCUT2D eigenvalue weighted by atomic mass is 9.94. The lowest BCUT2D eigenvalue weighted by Crippen LogP contribution is -2.48. The number of likely N-dealkylation sites (tertiary alicyclic amines) is 1. The molecule has 0 atom stereocenters. The molecular weight excluding hydrogens is 444 g/mol. The molecule has 6 nitrogen and oxygen atoms in total. The highest BCUT2D eigenvalue weighted by atomic mass is 35.5. The van der Waals surface area contributed by atoms with Gasteiger partial charge >= 0.3 is 12.1 Å². The molecule has 1 aromatic carbocycles. The molecule has 0 N–H and O–H groups in total. The van der Waals surface area contributed by atoms with Crippen LogP contribution in [0.25, 0.3) is 0 Å². The van der Waals surface area contributed by atoms with Crippen molar-refractivity contribution in [3.8, 4) is 0 Å². The quantitative estimate of drug-likeness (QED) is 0.512. The molecular formula is C23H32ClF2NO5. The molecule has 0 aliphatic carbocycles. The van der Waals surface area contributed by atoms with E-state index in [0.717, 1.165) is 6.07 Å². The number of carbonyl (C=O) groups excluding carboxylic acids is 2. The molecule has 1 amide bonds. The molecule has 32 heavy (non-hydrogen) atoms. The van der Waals surface area contributed by atoms with Gasteiger partial charge < -0.3 is 19.1 Å². The van der Waals surface area contributed by atoms with Crippen LogP contribution in [0.1, 0.15) is 70.3 Å². The second-order valence-electron chi connectivity index (χ2n) is 10.0. The number of alkyl halides is 1. The molecule has 0 bridgehead atoms. The zero-order valence-electron chi connectivity index (χ0n) is 19.5. The number of amides is 1. The van der Waals surface area contributed by atoms with Gasteiger partial charge in [0.05, 0.1) is 18.8 Å². The lowest BCUT2D eigenvalue weighted by Gasteiger charge is -2.36. The van der Waals surface area contributed by atoms with Gasteiger partial charge in [-0.2, -0.15) is 0 Å². The van der Waals surface area contributed by atoms with Gasteiger partial charge in [0.2, 0.25) is 0 Å². The molecule has 1 fully saturated rings. The standard InChI is InChI=1S/C23H32ClF2NO5/c1-21(2,3)31-19(28)16-12-17(24)15(11-18(16)25)13-30-14-23(26)7-9-27(10-8-23)20(29)32-22(4,5)6/h11-12H,7-10,13-14H2,1-6H3. The molecule has 9 heteroatoms. The largest absolute Gasteiger partial charge is 0.456 e. The minimum absolute atomic E-state index is 0.103. The summed E-state index contributed by atoms with van der Waals surface area (Å²) in [6, 6.07) is 2.28. The summed E-state index contributed by atoms with van der Waals surface area (Å²) in [5, 5.41) is 0.125. The summed E-state index contributed by atoms with van der Waals surface area (Å²) in [5.74, 6) is -1.60. The fraction of sp³-hybridized carbons (Fsp3) is 0.652. The Morgan fingerprint density at radius 3 is 2.16 bits per heavy atom. The van der Waals surface area contributed by atoms with Crippen molar-refractivity contribution >= 4 is 23.7 Å². The molecule has 0 unspecified atom stereocenters. The van der Waals surface area contributed by atoms with E-state index < -0.39 is 34.8 Å². The predicted octanol–water partition coefficient (Wildman–Crippen LogP) is 5.69. The number of rotatable bonds is 5. The van der Waals surface area contributed by atoms with E-state index in [0.29, 0.717) is 5.56 Å². The maximum atomic E-state index is 15.1. The number of carbonyl (C=O) groups is 2. The predicted molar refractivity (Wildman–Crippen MR) is 117 cm³/mol. The highest BCUT2D eigenvalue weighted by Crippen LogP contribution is 2.29. The van der Waals surface area contributed by atoms with Crippen molar-refractivity contribution in [1.82, 2.24) is 4.90 Å². The van der Waals surface area contributed by atoms with Crippen LogP contribution in [0.3, 0.4) is 0 Å². The third-order valence-electron chi connectivity index (χ3n) is 4.68. The van der Waals surface area contributed by atoms with E-state index in [1.165, 1.54) is 11.0 Å². The van der Waals surface area contributed by atoms with Crippen LogP contribution in [-0.4, -0.2) is 53.5 Å². The summed E-state index contributed by atoms with van der Waals surface area (Å²) in [6.07, 6.45) is -0.259. The first-order valence-corrected chi connectivity index (χ1v) is 10.9. The normalized spacial score (nSPS) is 16.6. The Morgan fingerprint density at radius 2 is 1.62 bits per heavy atom. The Morgan fingerprint density at radius 1 is 1.06 bits per heavy atom. The van der Waals surface area contributed by atoms with Crippen LogP contribution in [0.4, 0.5) is 13.6 Å². The lowest BCUT2D eigenvalue weighted by molar-refractivity contribution is -0.0373. The first-order chi connectivity index (χ1) is 14.6. The minimum Gasteiger partial charge on any atom is -0.456 e. The van der Waals surface area contributed by atoms with Gasteiger partial charge in [-0.1, -0.05) is 11.6 Å². The van der Waals surface area contributed by atoms with Crippen LogP contribution >= 0.6 is 11.6 Å². The first kappa shape index (κ1) is 26.3. The van der Waals surface area contributed by atoms with E-state index in [1.807, 2.05) is 0 Å². The maximum Gasteiger partial charge on any atom is 0.410 e. The second-order valence-corrected chi connectivity index (χ2v) is 10.4. The van der Waals surface area contributed by atoms with Crippen molar-refractivity contribution in [2.24, 2.45) is 0 Å². The maximum absolute atomic E-state index is 15.1. The Bertz CT molecular complexity index is 840. The van der Waals surface area contributed by atoms with Gasteiger partial charge in [-0.05, 0) is 59.2 Å². The molecule has 1 aromatic rings. The number of esters is 1. The van der Waals surface area contributed by atoms with Crippen molar-refractivity contribution in [2.75, 3.05) is 19.7 Å². The third kappa shape index (κ3) is 7.89. The molecule has 1 aliphatic rings.